The number of nitrogens with two attached hydrogens (primary N) is 1. The van der Waals surface area contributed by atoms with E-state index in [1.807, 2.05) is 0 Å². The summed E-state index contributed by atoms with van der Waals surface area (Å²) in [5.74, 6) is 1.38. The molecule has 3 amide bonds. The second kappa shape index (κ2) is 10.4. The Balaban J connectivity index is 2.38. The molecule has 2 rings (SSSR count). The van der Waals surface area contributed by atoms with Gasteiger partial charge in [0.1, 0.15) is 40.5 Å². The number of hydrogen-bond donors (Lipinski definition) is 2. The van der Waals surface area contributed by atoms with Crippen LogP contribution in [0.2, 0.25) is 5.02 Å². The molecule has 0 aromatic heterocycles. The molecule has 0 radical (unpaired) electrons. The van der Waals surface area contributed by atoms with Crippen LogP contribution in [0.15, 0.2) is 42.1 Å². The molecule has 180 valence electrons. The molecule has 0 saturated carbocycles. The first-order chi connectivity index (χ1) is 15.8. The zero-order valence-electron chi connectivity index (χ0n) is 17.4. The molecule has 14 heteroatoms. The minimum Gasteiger partial charge on any atom is -0.454 e. The molecular formula is C20H15ClF5N5O3. The van der Waals surface area contributed by atoms with Crippen LogP contribution >= 0.6 is 11.6 Å². The molecule has 0 fully saturated rings. The van der Waals surface area contributed by atoms with Crippen molar-refractivity contribution in [1.29, 1.82) is 5.26 Å². The minimum atomic E-state index is -5.21. The molecular weight excluding hydrogens is 489 g/mol. The Bertz CT molecular complexity index is 1190. The average Bonchev–Trinajstić information content (AvgIpc) is 2.73. The van der Waals surface area contributed by atoms with Crippen LogP contribution < -0.4 is 15.9 Å². The molecule has 0 atom stereocenters. The van der Waals surface area contributed by atoms with Crippen molar-refractivity contribution in [2.45, 2.75) is 6.18 Å². The summed E-state index contributed by atoms with van der Waals surface area (Å²) in [7, 11) is 2.35. The van der Waals surface area contributed by atoms with Crippen molar-refractivity contribution in [3.8, 4) is 17.6 Å². The van der Waals surface area contributed by atoms with Gasteiger partial charge >= 0.3 is 12.2 Å². The van der Waals surface area contributed by atoms with Crippen LogP contribution in [0.25, 0.3) is 0 Å². The number of nitrogens with zero attached hydrogens (tertiary/aromatic N) is 3. The Morgan fingerprint density at radius 3 is 2.38 bits per heavy atom. The van der Waals surface area contributed by atoms with Crippen molar-refractivity contribution >= 4 is 29.2 Å². The van der Waals surface area contributed by atoms with E-state index in [9.17, 15) is 31.5 Å². The summed E-state index contributed by atoms with van der Waals surface area (Å²) in [6, 6.07) is 4.79. The maximum absolute atomic E-state index is 14.3. The lowest BCUT2D eigenvalue weighted by Crippen LogP contribution is -2.45. The van der Waals surface area contributed by atoms with E-state index in [-0.39, 0.29) is 22.6 Å². The number of carbonyl (C=O) groups excluding carboxylic acids is 2. The molecule has 2 aromatic rings. The molecule has 0 heterocycles. The third-order valence-electron chi connectivity index (χ3n) is 4.04. The number of anilines is 1. The molecule has 34 heavy (non-hydrogen) atoms. The number of carbonyl (C=O) groups is 2. The van der Waals surface area contributed by atoms with Gasteiger partial charge in [-0.25, -0.2) is 24.4 Å². The largest absolute Gasteiger partial charge is 0.454 e. The van der Waals surface area contributed by atoms with Gasteiger partial charge in [0.15, 0.2) is 0 Å². The lowest BCUT2D eigenvalue weighted by molar-refractivity contribution is -0.126. The number of nitrogens with one attached hydrogen (secondary N) is 1. The fourth-order valence-electron chi connectivity index (χ4n) is 2.34. The van der Waals surface area contributed by atoms with Gasteiger partial charge in [0, 0.05) is 26.2 Å². The van der Waals surface area contributed by atoms with Crippen LogP contribution in [0.1, 0.15) is 5.56 Å². The van der Waals surface area contributed by atoms with Gasteiger partial charge in [0.05, 0.1) is 10.7 Å². The van der Waals surface area contributed by atoms with Crippen LogP contribution in [0.5, 0.6) is 11.5 Å². The van der Waals surface area contributed by atoms with Gasteiger partial charge in [-0.2, -0.15) is 18.4 Å². The number of amides is 3. The average molecular weight is 504 g/mol. The number of rotatable bonds is 5. The van der Waals surface area contributed by atoms with Crippen LogP contribution in [0.4, 0.5) is 32.4 Å². The van der Waals surface area contributed by atoms with E-state index in [0.29, 0.717) is 6.07 Å². The first-order valence-electron chi connectivity index (χ1n) is 8.97. The second-order valence-electron chi connectivity index (χ2n) is 6.65. The Kier molecular flexibility index (Phi) is 8.04. The molecule has 3 N–H and O–H groups in total. The lowest BCUT2D eigenvalue weighted by Gasteiger charge is -2.23. The number of allylic oxidation sites excluding steroid dienone is 1. The summed E-state index contributed by atoms with van der Waals surface area (Å²) in [6.07, 6.45) is -5.13. The highest BCUT2D eigenvalue weighted by Crippen LogP contribution is 2.36. The summed E-state index contributed by atoms with van der Waals surface area (Å²) in [4.78, 5) is 24.8. The predicted octanol–water partition coefficient (Wildman–Crippen LogP) is 4.52. The maximum atomic E-state index is 14.3. The zero-order valence-corrected chi connectivity index (χ0v) is 18.1. The maximum Gasteiger partial charge on any atom is 0.433 e. The van der Waals surface area contributed by atoms with Crippen molar-refractivity contribution in [2.75, 3.05) is 19.4 Å². The number of urea groups is 1. The van der Waals surface area contributed by atoms with Gasteiger partial charge in [0.2, 0.25) is 5.91 Å². The number of alkyl halides is 3. The first-order valence-corrected chi connectivity index (χ1v) is 9.35. The van der Waals surface area contributed by atoms with E-state index in [4.69, 9.17) is 27.4 Å². The molecule has 0 saturated heterocycles. The van der Waals surface area contributed by atoms with Crippen molar-refractivity contribution < 1.29 is 36.3 Å². The monoisotopic (exact) mass is 503 g/mol. The van der Waals surface area contributed by atoms with Gasteiger partial charge in [0.25, 0.3) is 0 Å². The first kappa shape index (κ1) is 26.4. The van der Waals surface area contributed by atoms with Gasteiger partial charge < -0.3 is 15.0 Å². The van der Waals surface area contributed by atoms with Crippen LogP contribution in [-0.4, -0.2) is 42.1 Å². The van der Waals surface area contributed by atoms with Crippen LogP contribution in [0.3, 0.4) is 0 Å². The van der Waals surface area contributed by atoms with E-state index in [1.54, 1.807) is 11.4 Å². The molecule has 2 aromatic carbocycles. The number of halogens is 6. The molecule has 8 nitrogen and oxygen atoms in total. The number of nitriles is 1. The lowest BCUT2D eigenvalue weighted by atomic mass is 10.2. The van der Waals surface area contributed by atoms with Crippen molar-refractivity contribution in [1.82, 2.24) is 9.91 Å². The fourth-order valence-corrected chi connectivity index (χ4v) is 2.53. The summed E-state index contributed by atoms with van der Waals surface area (Å²) >= 11 is 5.89. The SMILES string of the molecule is CN(C)C(=O)/C=C(/N(N)C(=O)Nc1cc(Oc2cccc(F)c2C#N)c(Cl)cc1F)C(F)(F)F. The Labute approximate surface area is 194 Å². The van der Waals surface area contributed by atoms with Gasteiger partial charge in [-0.15, -0.1) is 0 Å². The normalized spacial score (nSPS) is 11.5. The number of likely N-dealkylation sites (N-methyl/N-ethyl adjacent to an activating group) is 1. The third-order valence-corrected chi connectivity index (χ3v) is 4.34. The van der Waals surface area contributed by atoms with Crippen LogP contribution in [0, 0.1) is 23.0 Å². The van der Waals surface area contributed by atoms with E-state index in [2.05, 4.69) is 0 Å². The molecule has 0 aliphatic rings. The third kappa shape index (κ3) is 6.12. The van der Waals surface area contributed by atoms with E-state index in [0.717, 1.165) is 17.0 Å². The van der Waals surface area contributed by atoms with Crippen molar-refractivity contribution in [3.05, 3.63) is 64.3 Å². The highest BCUT2D eigenvalue weighted by molar-refractivity contribution is 6.32. The molecule has 0 unspecified atom stereocenters. The Morgan fingerprint density at radius 1 is 1.18 bits per heavy atom. The summed E-state index contributed by atoms with van der Waals surface area (Å²) < 4.78 is 73.4. The molecule has 0 aliphatic heterocycles. The second-order valence-corrected chi connectivity index (χ2v) is 7.06. The summed E-state index contributed by atoms with van der Waals surface area (Å²) in [5, 5.41) is 10.1. The highest BCUT2D eigenvalue weighted by Gasteiger charge is 2.40. The number of hydrogen-bond acceptors (Lipinski definition) is 5. The van der Waals surface area contributed by atoms with Crippen molar-refractivity contribution in [3.63, 3.8) is 0 Å². The minimum absolute atomic E-state index is 0.0830. The molecule has 0 spiro atoms. The number of hydrazine groups is 1. The van der Waals surface area contributed by atoms with Gasteiger partial charge in [-0.05, 0) is 18.2 Å². The Morgan fingerprint density at radius 2 is 1.82 bits per heavy atom. The van der Waals surface area contributed by atoms with E-state index < -0.39 is 51.7 Å². The van der Waals surface area contributed by atoms with Crippen molar-refractivity contribution in [2.24, 2.45) is 5.84 Å². The fraction of sp³-hybridized carbons (Fsp3) is 0.150. The smallest absolute Gasteiger partial charge is 0.433 e. The van der Waals surface area contributed by atoms with Gasteiger partial charge in [-0.3, -0.25) is 4.79 Å². The topological polar surface area (TPSA) is 112 Å². The number of benzene rings is 2. The van der Waals surface area contributed by atoms with E-state index in [1.165, 1.54) is 26.2 Å². The summed E-state index contributed by atoms with van der Waals surface area (Å²) in [5.41, 5.74) is -3.03. The van der Waals surface area contributed by atoms with Gasteiger partial charge in [-0.1, -0.05) is 17.7 Å². The highest BCUT2D eigenvalue weighted by atomic mass is 35.5. The summed E-state index contributed by atoms with van der Waals surface area (Å²) in [6.45, 7) is 0. The Hall–Kier alpha value is -3.89. The quantitative estimate of drug-likeness (QED) is 0.205. The molecule has 0 aliphatic carbocycles. The predicted molar refractivity (Wildman–Crippen MR) is 110 cm³/mol. The standard InChI is InChI=1S/C20H15ClF5N5O3/c1-30(2)18(32)8-17(20(24,25)26)31(28)19(33)29-14-7-16(11(21)6-13(14)23)34-15-5-3-4-12(22)10(15)9-27/h3-8H,28H2,1-2H3,(H,29,33)/b17-8+. The van der Waals surface area contributed by atoms with E-state index >= 15 is 0 Å². The number of ether oxygens (including phenoxy) is 1. The molecule has 0 bridgehead atoms. The van der Waals surface area contributed by atoms with Crippen LogP contribution in [-0.2, 0) is 4.79 Å². The zero-order chi connectivity index (χ0) is 25.8.